The van der Waals surface area contributed by atoms with E-state index in [-0.39, 0.29) is 5.96 Å². The summed E-state index contributed by atoms with van der Waals surface area (Å²) in [5, 5.41) is 10.2. The molecule has 0 heterocycles. The number of nitrogens with zero attached hydrogens (tertiary/aromatic N) is 1. The van der Waals surface area contributed by atoms with Crippen molar-refractivity contribution >= 4 is 17.7 Å². The summed E-state index contributed by atoms with van der Waals surface area (Å²) in [5.74, 6) is 0.806. The molecule has 122 valence electrons. The number of anilines is 1. The molecular formula is C15H24N4O3. The zero-order valence-corrected chi connectivity index (χ0v) is 13.7. The van der Waals surface area contributed by atoms with Gasteiger partial charge in [0.2, 0.25) is 5.96 Å². The van der Waals surface area contributed by atoms with Crippen LogP contribution >= 0.6 is 0 Å². The number of carbonyl (C=O) groups is 1. The van der Waals surface area contributed by atoms with Gasteiger partial charge in [0.1, 0.15) is 0 Å². The molecule has 0 atom stereocenters. The summed E-state index contributed by atoms with van der Waals surface area (Å²) in [4.78, 5) is 13.2. The molecule has 0 aliphatic carbocycles. The molecule has 1 aromatic rings. The van der Waals surface area contributed by atoms with Gasteiger partial charge in [-0.1, -0.05) is 0 Å². The SMILES string of the molecule is CCOc1cc(C)c(N(C(=N)N)C(=O)NC)c(C)c1OCC. The van der Waals surface area contributed by atoms with Crippen LogP contribution in [-0.4, -0.2) is 32.3 Å². The van der Waals surface area contributed by atoms with E-state index in [1.165, 1.54) is 7.05 Å². The average Bonchev–Trinajstić information content (AvgIpc) is 2.46. The molecule has 0 fully saturated rings. The third kappa shape index (κ3) is 3.41. The van der Waals surface area contributed by atoms with Gasteiger partial charge in [-0.3, -0.25) is 5.41 Å². The first-order valence-corrected chi connectivity index (χ1v) is 7.14. The molecule has 0 aromatic heterocycles. The summed E-state index contributed by atoms with van der Waals surface area (Å²) in [6, 6.07) is 1.31. The van der Waals surface area contributed by atoms with Crippen LogP contribution in [-0.2, 0) is 0 Å². The average molecular weight is 308 g/mol. The van der Waals surface area contributed by atoms with Gasteiger partial charge in [-0.25, -0.2) is 9.69 Å². The van der Waals surface area contributed by atoms with E-state index in [0.717, 1.165) is 10.5 Å². The molecule has 1 rings (SSSR count). The third-order valence-electron chi connectivity index (χ3n) is 3.11. The highest BCUT2D eigenvalue weighted by molar-refractivity contribution is 6.15. The van der Waals surface area contributed by atoms with Crippen LogP contribution in [0.5, 0.6) is 11.5 Å². The number of nitrogens with one attached hydrogen (secondary N) is 2. The van der Waals surface area contributed by atoms with Gasteiger partial charge in [-0.2, -0.15) is 0 Å². The Bertz CT molecular complexity index is 572. The van der Waals surface area contributed by atoms with Crippen LogP contribution in [0.15, 0.2) is 6.07 Å². The van der Waals surface area contributed by atoms with Gasteiger partial charge in [0.05, 0.1) is 18.9 Å². The molecule has 0 bridgehead atoms. The van der Waals surface area contributed by atoms with Crippen molar-refractivity contribution in [3.63, 3.8) is 0 Å². The first kappa shape index (κ1) is 17.6. The second-order valence-electron chi connectivity index (χ2n) is 4.64. The van der Waals surface area contributed by atoms with Crippen molar-refractivity contribution in [1.82, 2.24) is 5.32 Å². The summed E-state index contributed by atoms with van der Waals surface area (Å²) in [6.07, 6.45) is 0. The zero-order valence-electron chi connectivity index (χ0n) is 13.7. The molecule has 0 spiro atoms. The second-order valence-corrected chi connectivity index (χ2v) is 4.64. The summed E-state index contributed by atoms with van der Waals surface area (Å²) >= 11 is 0. The Labute approximate surface area is 130 Å². The normalized spacial score (nSPS) is 10.0. The summed E-state index contributed by atoms with van der Waals surface area (Å²) in [5.41, 5.74) is 7.57. The van der Waals surface area contributed by atoms with Crippen LogP contribution in [0.3, 0.4) is 0 Å². The van der Waals surface area contributed by atoms with E-state index < -0.39 is 6.03 Å². The Morgan fingerprint density at radius 1 is 1.32 bits per heavy atom. The topological polar surface area (TPSA) is 101 Å². The molecular weight excluding hydrogens is 284 g/mol. The van der Waals surface area contributed by atoms with Crippen molar-refractivity contribution in [3.8, 4) is 11.5 Å². The van der Waals surface area contributed by atoms with E-state index in [1.807, 2.05) is 27.7 Å². The Morgan fingerprint density at radius 2 is 1.91 bits per heavy atom. The highest BCUT2D eigenvalue weighted by atomic mass is 16.5. The fourth-order valence-corrected chi connectivity index (χ4v) is 2.29. The van der Waals surface area contributed by atoms with E-state index in [4.69, 9.17) is 20.6 Å². The number of amides is 2. The minimum absolute atomic E-state index is 0.364. The van der Waals surface area contributed by atoms with Gasteiger partial charge < -0.3 is 20.5 Å². The summed E-state index contributed by atoms with van der Waals surface area (Å²) < 4.78 is 11.3. The third-order valence-corrected chi connectivity index (χ3v) is 3.11. The van der Waals surface area contributed by atoms with Crippen LogP contribution in [0.1, 0.15) is 25.0 Å². The van der Waals surface area contributed by atoms with Crippen molar-refractivity contribution in [2.75, 3.05) is 25.2 Å². The Balaban J connectivity index is 3.56. The molecule has 22 heavy (non-hydrogen) atoms. The lowest BCUT2D eigenvalue weighted by Gasteiger charge is -2.26. The summed E-state index contributed by atoms with van der Waals surface area (Å²) in [6.45, 7) is 8.37. The van der Waals surface area contributed by atoms with Crippen LogP contribution < -0.4 is 25.4 Å². The van der Waals surface area contributed by atoms with Crippen LogP contribution in [0.2, 0.25) is 0 Å². The van der Waals surface area contributed by atoms with E-state index in [2.05, 4.69) is 5.32 Å². The van der Waals surface area contributed by atoms with Gasteiger partial charge in [0.15, 0.2) is 11.5 Å². The number of ether oxygens (including phenoxy) is 2. The molecule has 0 unspecified atom stereocenters. The Morgan fingerprint density at radius 3 is 2.36 bits per heavy atom. The molecule has 0 aliphatic rings. The largest absolute Gasteiger partial charge is 0.490 e. The molecule has 2 amide bonds. The predicted octanol–water partition coefficient (Wildman–Crippen LogP) is 2.14. The van der Waals surface area contributed by atoms with Crippen molar-refractivity contribution in [2.24, 2.45) is 5.73 Å². The minimum Gasteiger partial charge on any atom is -0.490 e. The van der Waals surface area contributed by atoms with Crippen molar-refractivity contribution in [1.29, 1.82) is 5.41 Å². The maximum atomic E-state index is 12.1. The molecule has 1 aromatic carbocycles. The number of hydrogen-bond donors (Lipinski definition) is 3. The number of nitrogens with two attached hydrogens (primary N) is 1. The minimum atomic E-state index is -0.481. The maximum absolute atomic E-state index is 12.1. The van der Waals surface area contributed by atoms with Gasteiger partial charge >= 0.3 is 6.03 Å². The molecule has 0 aliphatic heterocycles. The van der Waals surface area contributed by atoms with Crippen molar-refractivity contribution in [3.05, 3.63) is 17.2 Å². The van der Waals surface area contributed by atoms with E-state index in [9.17, 15) is 4.79 Å². The Kier molecular flexibility index (Phi) is 6.03. The molecule has 0 radical (unpaired) electrons. The highest BCUT2D eigenvalue weighted by Crippen LogP contribution is 2.40. The van der Waals surface area contributed by atoms with Crippen LogP contribution in [0.4, 0.5) is 10.5 Å². The number of hydrogen-bond acceptors (Lipinski definition) is 4. The van der Waals surface area contributed by atoms with Crippen molar-refractivity contribution in [2.45, 2.75) is 27.7 Å². The number of guanidine groups is 1. The number of rotatable bonds is 5. The zero-order chi connectivity index (χ0) is 16.9. The quantitative estimate of drug-likeness (QED) is 0.573. The van der Waals surface area contributed by atoms with Crippen molar-refractivity contribution < 1.29 is 14.3 Å². The van der Waals surface area contributed by atoms with Gasteiger partial charge in [-0.05, 0) is 39.3 Å². The molecule has 0 saturated heterocycles. The maximum Gasteiger partial charge on any atom is 0.328 e. The number of carbonyl (C=O) groups excluding carboxylic acids is 1. The lowest BCUT2D eigenvalue weighted by atomic mass is 10.1. The lowest BCUT2D eigenvalue weighted by molar-refractivity contribution is 0.250. The van der Waals surface area contributed by atoms with Gasteiger partial charge in [-0.15, -0.1) is 0 Å². The smallest absolute Gasteiger partial charge is 0.328 e. The molecule has 4 N–H and O–H groups in total. The number of urea groups is 1. The fraction of sp³-hybridized carbons (Fsp3) is 0.467. The van der Waals surface area contributed by atoms with E-state index in [1.54, 1.807) is 6.07 Å². The van der Waals surface area contributed by atoms with Gasteiger partial charge in [0, 0.05) is 12.6 Å². The van der Waals surface area contributed by atoms with Crippen LogP contribution in [0, 0.1) is 19.3 Å². The lowest BCUT2D eigenvalue weighted by Crippen LogP contribution is -2.46. The second kappa shape index (κ2) is 7.53. The number of benzene rings is 1. The molecule has 0 saturated carbocycles. The first-order chi connectivity index (χ1) is 10.4. The summed E-state index contributed by atoms with van der Waals surface area (Å²) in [7, 11) is 1.49. The van der Waals surface area contributed by atoms with Gasteiger partial charge in [0.25, 0.3) is 0 Å². The first-order valence-electron chi connectivity index (χ1n) is 7.14. The van der Waals surface area contributed by atoms with Crippen LogP contribution in [0.25, 0.3) is 0 Å². The number of aryl methyl sites for hydroxylation is 1. The standard InChI is InChI=1S/C15H24N4O3/c1-6-21-11-8-9(3)12(10(4)13(11)22-7-2)19(14(16)17)15(20)18-5/h8H,6-7H2,1-5H3,(H3,16,17)(H,18,20). The predicted molar refractivity (Wildman–Crippen MR) is 87.1 cm³/mol. The molecule has 7 nitrogen and oxygen atoms in total. The highest BCUT2D eigenvalue weighted by Gasteiger charge is 2.25. The van der Waals surface area contributed by atoms with E-state index in [0.29, 0.717) is 36.0 Å². The van der Waals surface area contributed by atoms with E-state index >= 15 is 0 Å². The Hall–Kier alpha value is -2.44. The molecule has 7 heteroatoms. The fourth-order valence-electron chi connectivity index (χ4n) is 2.29. The monoisotopic (exact) mass is 308 g/mol.